The molecule has 26 heavy (non-hydrogen) atoms. The van der Waals surface area contributed by atoms with Crippen LogP contribution < -0.4 is 0 Å². The molecule has 0 bridgehead atoms. The van der Waals surface area contributed by atoms with E-state index in [1.165, 1.54) is 0 Å². The van der Waals surface area contributed by atoms with Gasteiger partial charge in [0, 0.05) is 5.57 Å². The van der Waals surface area contributed by atoms with Crippen molar-refractivity contribution in [2.24, 2.45) is 0 Å². The highest BCUT2D eigenvalue weighted by Crippen LogP contribution is 2.56. The molecule has 0 aromatic rings. The molecule has 0 spiro atoms. The van der Waals surface area contributed by atoms with Crippen molar-refractivity contribution in [3.05, 3.63) is 12.2 Å². The van der Waals surface area contributed by atoms with Crippen LogP contribution in [0, 0.1) is 0 Å². The van der Waals surface area contributed by atoms with Crippen LogP contribution in [0.4, 0.5) is 0 Å². The van der Waals surface area contributed by atoms with E-state index in [2.05, 4.69) is 55.0 Å². The van der Waals surface area contributed by atoms with Gasteiger partial charge >= 0.3 is 5.97 Å². The maximum absolute atomic E-state index is 12.5. The van der Waals surface area contributed by atoms with E-state index < -0.39 is 29.0 Å². The zero-order valence-electron chi connectivity index (χ0n) is 17.5. The maximum Gasteiger partial charge on any atom is 0.330 e. The molecule has 1 unspecified atom stereocenters. The molecule has 154 valence electrons. The van der Waals surface area contributed by atoms with Gasteiger partial charge in [-0.15, -0.1) is 0 Å². The molecule has 7 heteroatoms. The van der Waals surface area contributed by atoms with Crippen LogP contribution in [0.15, 0.2) is 12.2 Å². The van der Waals surface area contributed by atoms with Crippen LogP contribution in [0.5, 0.6) is 0 Å². The third-order valence-corrected chi connectivity index (χ3v) is 16.9. The first-order valence-corrected chi connectivity index (χ1v) is 13.3. The van der Waals surface area contributed by atoms with E-state index in [4.69, 9.17) is 5.11 Å². The van der Waals surface area contributed by atoms with Gasteiger partial charge in [-0.25, -0.2) is 4.79 Å². The number of rotatable bonds is 12. The Morgan fingerprint density at radius 3 is 1.92 bits per heavy atom. The van der Waals surface area contributed by atoms with Crippen LogP contribution >= 0.6 is 0 Å². The minimum atomic E-state index is -4.25. The van der Waals surface area contributed by atoms with Crippen LogP contribution in [0.2, 0.25) is 16.1 Å². The largest absolute Gasteiger partial charge is 0.478 e. The fraction of sp³-hybridized carbons (Fsp3) is 0.842. The third-order valence-electron chi connectivity index (χ3n) is 6.10. The van der Waals surface area contributed by atoms with Crippen molar-refractivity contribution < 1.29 is 22.9 Å². The number of hydrogen-bond acceptors (Lipinski definition) is 3. The highest BCUT2D eigenvalue weighted by molar-refractivity contribution is 7.88. The standard InChI is InChI=1S/C19H38O5SSi/c1-9-13-19(7,8)26(14(2)3,15(4)5)17(25(22,23)24)12-10-11-16(6)18(20)21/h14-15,17H,6,9-13H2,1-5,7-8H3,(H,20,21)(H,22,23,24). The molecule has 1 atom stereocenters. The number of carboxylic acid groups (broad SMARTS) is 1. The van der Waals surface area contributed by atoms with Crippen molar-refractivity contribution in [3.8, 4) is 0 Å². The second-order valence-corrected chi connectivity index (χ2v) is 16.9. The smallest absolute Gasteiger partial charge is 0.330 e. The summed E-state index contributed by atoms with van der Waals surface area (Å²) in [4.78, 5) is 10.2. The van der Waals surface area contributed by atoms with E-state index in [0.29, 0.717) is 6.42 Å². The summed E-state index contributed by atoms with van der Waals surface area (Å²) in [6.45, 7) is 18.2. The molecule has 0 aliphatic heterocycles. The van der Waals surface area contributed by atoms with E-state index in [9.17, 15) is 17.8 Å². The van der Waals surface area contributed by atoms with Crippen molar-refractivity contribution in [3.63, 3.8) is 0 Å². The van der Waals surface area contributed by atoms with Gasteiger partial charge in [-0.05, 0) is 35.4 Å². The van der Waals surface area contributed by atoms with Crippen LogP contribution in [0.1, 0.15) is 80.6 Å². The van der Waals surface area contributed by atoms with Crippen molar-refractivity contribution in [1.29, 1.82) is 0 Å². The van der Waals surface area contributed by atoms with Crippen molar-refractivity contribution >= 4 is 24.2 Å². The van der Waals surface area contributed by atoms with E-state index in [1.54, 1.807) is 0 Å². The lowest BCUT2D eigenvalue weighted by atomic mass is 10.1. The monoisotopic (exact) mass is 406 g/mol. The Hall–Kier alpha value is -0.663. The molecule has 0 saturated carbocycles. The lowest BCUT2D eigenvalue weighted by Gasteiger charge is -2.54. The molecule has 0 fully saturated rings. The second kappa shape index (κ2) is 9.51. The number of carboxylic acids is 1. The van der Waals surface area contributed by atoms with Gasteiger partial charge in [0.1, 0.15) is 0 Å². The molecule has 0 aliphatic rings. The van der Waals surface area contributed by atoms with Crippen molar-refractivity contribution in [2.75, 3.05) is 0 Å². The molecule has 2 N–H and O–H groups in total. The molecular formula is C19H38O5SSi. The topological polar surface area (TPSA) is 91.7 Å². The quantitative estimate of drug-likeness (QED) is 0.256. The Labute approximate surface area is 161 Å². The Kier molecular flexibility index (Phi) is 9.27. The first kappa shape index (κ1) is 25.3. The first-order chi connectivity index (χ1) is 11.7. The normalized spacial score (nSPS) is 14.7. The Balaban J connectivity index is 6.15. The van der Waals surface area contributed by atoms with Crippen molar-refractivity contribution in [1.82, 2.24) is 0 Å². The second-order valence-electron chi connectivity index (χ2n) is 8.68. The molecule has 0 aromatic carbocycles. The van der Waals surface area contributed by atoms with Gasteiger partial charge in [-0.1, -0.05) is 67.9 Å². The maximum atomic E-state index is 12.5. The Morgan fingerprint density at radius 2 is 1.62 bits per heavy atom. The third kappa shape index (κ3) is 5.42. The van der Waals surface area contributed by atoms with Gasteiger partial charge in [-0.3, -0.25) is 4.55 Å². The predicted octanol–water partition coefficient (Wildman–Crippen LogP) is 5.44. The van der Waals surface area contributed by atoms with Gasteiger partial charge in [-0.2, -0.15) is 8.42 Å². The summed E-state index contributed by atoms with van der Waals surface area (Å²) in [5, 5.41) is 8.81. The predicted molar refractivity (Wildman–Crippen MR) is 111 cm³/mol. The summed E-state index contributed by atoms with van der Waals surface area (Å²) in [6, 6.07) is 0. The lowest BCUT2D eigenvalue weighted by molar-refractivity contribution is -0.132. The van der Waals surface area contributed by atoms with E-state index in [1.807, 2.05) is 0 Å². The lowest BCUT2D eigenvalue weighted by Crippen LogP contribution is -2.62. The SMILES string of the molecule is C=C(CCCC([Si](C(C)C)(C(C)C)C(C)(C)CCC)S(=O)(=O)O)C(=O)O. The van der Waals surface area contributed by atoms with Gasteiger partial charge in [0.15, 0.2) is 0 Å². The van der Waals surface area contributed by atoms with Crippen LogP contribution in [0.3, 0.4) is 0 Å². The summed E-state index contributed by atoms with van der Waals surface area (Å²) in [7, 11) is -6.83. The van der Waals surface area contributed by atoms with Crippen LogP contribution in [0.25, 0.3) is 0 Å². The first-order valence-electron chi connectivity index (χ1n) is 9.53. The number of carbonyl (C=O) groups is 1. The van der Waals surface area contributed by atoms with Crippen molar-refractivity contribution in [2.45, 2.75) is 102 Å². The van der Waals surface area contributed by atoms with E-state index in [-0.39, 0.29) is 34.5 Å². The van der Waals surface area contributed by atoms with Crippen LogP contribution in [-0.4, -0.2) is 37.0 Å². The Morgan fingerprint density at radius 1 is 1.15 bits per heavy atom. The van der Waals surface area contributed by atoms with Gasteiger partial charge in [0.25, 0.3) is 10.1 Å². The average molecular weight is 407 g/mol. The molecule has 5 nitrogen and oxygen atoms in total. The van der Waals surface area contributed by atoms with E-state index in [0.717, 1.165) is 12.8 Å². The Bertz CT molecular complexity index is 585. The molecule has 0 radical (unpaired) electrons. The minimum absolute atomic E-state index is 0.0771. The summed E-state index contributed by atoms with van der Waals surface area (Å²) in [6.07, 6.45) is 2.77. The number of hydrogen-bond donors (Lipinski definition) is 2. The molecule has 0 aliphatic carbocycles. The summed E-state index contributed by atoms with van der Waals surface area (Å²) < 4.78 is 35.2. The summed E-state index contributed by atoms with van der Waals surface area (Å²) in [5.41, 5.74) is 0.408. The van der Waals surface area contributed by atoms with Gasteiger partial charge in [0.2, 0.25) is 0 Å². The summed E-state index contributed by atoms with van der Waals surface area (Å²) in [5.74, 6) is -1.06. The molecule has 0 saturated heterocycles. The highest BCUT2D eigenvalue weighted by atomic mass is 32.2. The van der Waals surface area contributed by atoms with Crippen LogP contribution in [-0.2, 0) is 14.9 Å². The zero-order chi connectivity index (χ0) is 20.9. The number of aliphatic carboxylic acids is 1. The summed E-state index contributed by atoms with van der Waals surface area (Å²) >= 11 is 0. The van der Waals surface area contributed by atoms with Gasteiger partial charge in [0.05, 0.1) is 12.9 Å². The fourth-order valence-corrected chi connectivity index (χ4v) is 18.7. The molecular weight excluding hydrogens is 368 g/mol. The highest BCUT2D eigenvalue weighted by Gasteiger charge is 2.59. The van der Waals surface area contributed by atoms with E-state index >= 15 is 0 Å². The molecule has 0 rings (SSSR count). The zero-order valence-corrected chi connectivity index (χ0v) is 19.3. The molecule has 0 heterocycles. The molecule has 0 amide bonds. The minimum Gasteiger partial charge on any atom is -0.478 e. The molecule has 0 aromatic heterocycles. The fourth-order valence-electron chi connectivity index (χ4n) is 5.49. The van der Waals surface area contributed by atoms with Gasteiger partial charge < -0.3 is 5.11 Å². The average Bonchev–Trinajstić information content (AvgIpc) is 2.43.